The lowest BCUT2D eigenvalue weighted by Crippen LogP contribution is -2.35. The molecule has 0 unspecified atom stereocenters. The fourth-order valence-corrected chi connectivity index (χ4v) is 4.82. The van der Waals surface area contributed by atoms with Crippen molar-refractivity contribution >= 4 is 32.3 Å². The minimum atomic E-state index is -4.03. The molecule has 148 valence electrons. The molecule has 0 spiro atoms. The van der Waals surface area contributed by atoms with E-state index in [0.717, 1.165) is 27.2 Å². The van der Waals surface area contributed by atoms with Gasteiger partial charge in [0, 0.05) is 18.2 Å². The number of allylic oxidation sites excluding steroid dienone is 1. The van der Waals surface area contributed by atoms with Crippen LogP contribution in [-0.4, -0.2) is 32.2 Å². The molecule has 3 aromatic rings. The third-order valence-electron chi connectivity index (χ3n) is 4.87. The summed E-state index contributed by atoms with van der Waals surface area (Å²) >= 11 is 0. The van der Waals surface area contributed by atoms with E-state index < -0.39 is 21.6 Å². The van der Waals surface area contributed by atoms with Crippen LogP contribution in [0.3, 0.4) is 0 Å². The molecule has 0 aliphatic carbocycles. The molecule has 0 atom stereocenters. The number of carbonyl (C=O) groups excluding carboxylic acids is 1. The van der Waals surface area contributed by atoms with Gasteiger partial charge in [-0.3, -0.25) is 9.10 Å². The van der Waals surface area contributed by atoms with Crippen molar-refractivity contribution in [2.75, 3.05) is 13.7 Å². The van der Waals surface area contributed by atoms with Crippen LogP contribution in [0.5, 0.6) is 0 Å². The summed E-state index contributed by atoms with van der Waals surface area (Å²) in [4.78, 5) is 13.3. The van der Waals surface area contributed by atoms with E-state index in [2.05, 4.69) is 0 Å². The quantitative estimate of drug-likeness (QED) is 0.604. The number of halogens is 1. The number of ether oxygens (including phenoxy) is 1. The van der Waals surface area contributed by atoms with Crippen LogP contribution in [0, 0.1) is 5.82 Å². The highest BCUT2D eigenvalue weighted by atomic mass is 32.2. The van der Waals surface area contributed by atoms with Gasteiger partial charge >= 0.3 is 0 Å². The van der Waals surface area contributed by atoms with Crippen molar-refractivity contribution in [3.8, 4) is 0 Å². The fraction of sp³-hybridized carbons (Fsp3) is 0.136. The van der Waals surface area contributed by atoms with Crippen molar-refractivity contribution < 1.29 is 22.3 Å². The maximum atomic E-state index is 13.9. The van der Waals surface area contributed by atoms with Crippen LogP contribution in [0.1, 0.15) is 22.8 Å². The molecule has 0 fully saturated rings. The number of rotatable bonds is 4. The molecule has 0 N–H and O–H groups in total. The van der Waals surface area contributed by atoms with E-state index in [0.29, 0.717) is 5.56 Å². The van der Waals surface area contributed by atoms with Crippen molar-refractivity contribution in [3.05, 3.63) is 83.3 Å². The Morgan fingerprint density at radius 3 is 2.48 bits per heavy atom. The molecule has 3 aromatic carbocycles. The molecule has 1 aliphatic rings. The van der Waals surface area contributed by atoms with E-state index in [-0.39, 0.29) is 28.5 Å². The van der Waals surface area contributed by atoms with Crippen molar-refractivity contribution in [2.24, 2.45) is 0 Å². The monoisotopic (exact) mass is 411 g/mol. The number of sulfonamides is 1. The van der Waals surface area contributed by atoms with Crippen LogP contribution in [0.15, 0.2) is 71.3 Å². The Balaban J connectivity index is 1.96. The van der Waals surface area contributed by atoms with Gasteiger partial charge < -0.3 is 4.74 Å². The molecule has 4 rings (SSSR count). The molecule has 0 radical (unpaired) electrons. The summed E-state index contributed by atoms with van der Waals surface area (Å²) in [5, 5.41) is 1.81. The van der Waals surface area contributed by atoms with Gasteiger partial charge in [-0.25, -0.2) is 12.8 Å². The van der Waals surface area contributed by atoms with Crippen LogP contribution in [-0.2, 0) is 14.8 Å². The maximum absolute atomic E-state index is 13.9. The Hall–Kier alpha value is -3.19. The zero-order valence-corrected chi connectivity index (χ0v) is 16.7. The second-order valence-electron chi connectivity index (χ2n) is 6.61. The first-order chi connectivity index (χ1) is 13.8. The number of hydrogen-bond acceptors (Lipinski definition) is 4. The van der Waals surface area contributed by atoms with Crippen LogP contribution < -0.4 is 0 Å². The third-order valence-corrected chi connectivity index (χ3v) is 6.69. The van der Waals surface area contributed by atoms with Gasteiger partial charge in [0.2, 0.25) is 5.78 Å². The van der Waals surface area contributed by atoms with E-state index in [1.165, 1.54) is 13.1 Å². The smallest absolute Gasteiger partial charge is 0.265 e. The molecule has 1 heterocycles. The Morgan fingerprint density at radius 2 is 1.76 bits per heavy atom. The van der Waals surface area contributed by atoms with Gasteiger partial charge in [0.15, 0.2) is 5.76 Å². The first kappa shape index (κ1) is 19.1. The lowest BCUT2D eigenvalue weighted by atomic mass is 10.0. The van der Waals surface area contributed by atoms with Gasteiger partial charge in [0.1, 0.15) is 11.5 Å². The van der Waals surface area contributed by atoms with Gasteiger partial charge in [0.25, 0.3) is 10.0 Å². The molecule has 1 aliphatic heterocycles. The van der Waals surface area contributed by atoms with Crippen LogP contribution in [0.2, 0.25) is 0 Å². The third kappa shape index (κ3) is 3.07. The zero-order chi connectivity index (χ0) is 20.8. The van der Waals surface area contributed by atoms with Gasteiger partial charge in [-0.15, -0.1) is 0 Å². The second kappa shape index (κ2) is 7.00. The Morgan fingerprint density at radius 1 is 1.03 bits per heavy atom. The maximum Gasteiger partial charge on any atom is 0.265 e. The first-order valence-corrected chi connectivity index (χ1v) is 10.5. The molecule has 0 amide bonds. The lowest BCUT2D eigenvalue weighted by Gasteiger charge is -2.30. The van der Waals surface area contributed by atoms with Gasteiger partial charge in [-0.05, 0) is 42.0 Å². The highest BCUT2D eigenvalue weighted by molar-refractivity contribution is 7.89. The topological polar surface area (TPSA) is 63.7 Å². The fourth-order valence-electron chi connectivity index (χ4n) is 3.45. The van der Waals surface area contributed by atoms with E-state index in [9.17, 15) is 17.6 Å². The summed E-state index contributed by atoms with van der Waals surface area (Å²) in [7, 11) is -2.72. The predicted octanol–water partition coefficient (Wildman–Crippen LogP) is 4.20. The minimum absolute atomic E-state index is 0.0501. The number of benzene rings is 3. The average molecular weight is 411 g/mol. The highest BCUT2D eigenvalue weighted by Gasteiger charge is 2.39. The van der Waals surface area contributed by atoms with Gasteiger partial charge in [-0.1, -0.05) is 36.4 Å². The van der Waals surface area contributed by atoms with E-state index in [1.54, 1.807) is 25.1 Å². The summed E-state index contributed by atoms with van der Waals surface area (Å²) in [5.41, 5.74) is 0.229. The Labute approximate surface area is 168 Å². The number of likely N-dealkylation sites (N-methyl/N-ethyl adjacent to an activating group) is 1. The first-order valence-electron chi connectivity index (χ1n) is 9.04. The molecule has 5 nitrogen and oxygen atoms in total. The van der Waals surface area contributed by atoms with Crippen molar-refractivity contribution in [2.45, 2.75) is 11.8 Å². The number of fused-ring (bicyclic) bond motifs is 2. The van der Waals surface area contributed by atoms with Crippen LogP contribution in [0.4, 0.5) is 4.39 Å². The van der Waals surface area contributed by atoms with E-state index in [1.807, 2.05) is 24.3 Å². The average Bonchev–Trinajstić information content (AvgIpc) is 2.71. The largest absolute Gasteiger partial charge is 0.491 e. The van der Waals surface area contributed by atoms with Gasteiger partial charge in [-0.2, -0.15) is 0 Å². The number of hydrogen-bond donors (Lipinski definition) is 0. The number of Topliss-reactive ketones (excluding diaryl/α,β-unsaturated/α-hetero) is 1. The highest BCUT2D eigenvalue weighted by Crippen LogP contribution is 2.38. The van der Waals surface area contributed by atoms with Crippen molar-refractivity contribution in [1.82, 2.24) is 4.31 Å². The number of carbonyl (C=O) groups is 1. The van der Waals surface area contributed by atoms with Crippen LogP contribution >= 0.6 is 0 Å². The van der Waals surface area contributed by atoms with Crippen molar-refractivity contribution in [1.29, 1.82) is 0 Å². The second-order valence-corrected chi connectivity index (χ2v) is 8.55. The summed E-state index contributed by atoms with van der Waals surface area (Å²) in [6.45, 7) is 1.90. The molecular formula is C22H18FNO4S. The van der Waals surface area contributed by atoms with Crippen LogP contribution in [0.25, 0.3) is 16.5 Å². The molecule has 0 saturated carbocycles. The standard InChI is InChI=1S/C22H18FNO4S/c1-3-28-22-18-13-17(23)10-11-19(18)29(26,27)24(2)20(22)21(25)16-9-8-14-6-4-5-7-15(14)12-16/h4-13H,3H2,1-2H3. The molecule has 7 heteroatoms. The minimum Gasteiger partial charge on any atom is -0.491 e. The lowest BCUT2D eigenvalue weighted by molar-refractivity contribution is 0.101. The molecule has 29 heavy (non-hydrogen) atoms. The molecule has 0 bridgehead atoms. The van der Waals surface area contributed by atoms with E-state index in [4.69, 9.17) is 4.74 Å². The summed E-state index contributed by atoms with van der Waals surface area (Å²) in [6.07, 6.45) is 0. The SMILES string of the molecule is CCOC1=C(C(=O)c2ccc3ccccc3c2)N(C)S(=O)(=O)c2ccc(F)cc21. The molecule has 0 saturated heterocycles. The Kier molecular flexibility index (Phi) is 4.62. The molecule has 0 aromatic heterocycles. The Bertz CT molecular complexity index is 1280. The predicted molar refractivity (Wildman–Crippen MR) is 108 cm³/mol. The molecular weight excluding hydrogens is 393 g/mol. The summed E-state index contributed by atoms with van der Waals surface area (Å²) in [5.74, 6) is -1.07. The number of ketones is 1. The normalized spacial score (nSPS) is 15.3. The van der Waals surface area contributed by atoms with E-state index >= 15 is 0 Å². The summed E-state index contributed by atoms with van der Waals surface area (Å²) in [6, 6.07) is 16.0. The van der Waals surface area contributed by atoms with Gasteiger partial charge in [0.05, 0.1) is 11.5 Å². The van der Waals surface area contributed by atoms with Crippen molar-refractivity contribution in [3.63, 3.8) is 0 Å². The summed E-state index contributed by atoms with van der Waals surface area (Å²) < 4.78 is 46.5. The number of nitrogens with zero attached hydrogens (tertiary/aromatic N) is 1. The zero-order valence-electron chi connectivity index (χ0n) is 15.8.